The van der Waals surface area contributed by atoms with Gasteiger partial charge in [0, 0.05) is 4.88 Å². The van der Waals surface area contributed by atoms with Crippen LogP contribution in [0.3, 0.4) is 0 Å². The van der Waals surface area contributed by atoms with Crippen LogP contribution in [0.5, 0.6) is 0 Å². The Morgan fingerprint density at radius 2 is 2.12 bits per heavy atom. The van der Waals surface area contributed by atoms with E-state index in [-0.39, 0.29) is 11.8 Å². The van der Waals surface area contributed by atoms with Crippen molar-refractivity contribution in [1.82, 2.24) is 19.6 Å². The lowest BCUT2D eigenvalue weighted by Gasteiger charge is -2.12. The number of benzene rings is 1. The Labute approximate surface area is 142 Å². The van der Waals surface area contributed by atoms with Crippen LogP contribution in [-0.2, 0) is 6.54 Å². The lowest BCUT2D eigenvalue weighted by molar-refractivity contribution is 0.500. The third-order valence-corrected chi connectivity index (χ3v) is 5.00. The van der Waals surface area contributed by atoms with Gasteiger partial charge in [-0.3, -0.25) is 4.57 Å². The summed E-state index contributed by atoms with van der Waals surface area (Å²) >= 11 is 1.71. The van der Waals surface area contributed by atoms with Crippen molar-refractivity contribution in [3.05, 3.63) is 69.1 Å². The molecule has 24 heavy (non-hydrogen) atoms. The minimum Gasteiger partial charge on any atom is -0.408 e. The van der Waals surface area contributed by atoms with Crippen LogP contribution in [0.4, 0.5) is 0 Å². The summed E-state index contributed by atoms with van der Waals surface area (Å²) in [6.07, 6.45) is 2.83. The molecule has 7 heteroatoms. The van der Waals surface area contributed by atoms with E-state index in [0.717, 1.165) is 17.6 Å². The standard InChI is InChI=1S/C17H16N4O2S/c1-2-13(16-8-5-9-24-16)21-11-12(18-19-21)10-20-14-6-3-4-7-15(14)23-17(20)22/h3-9,11,13H,2,10H2,1H3. The van der Waals surface area contributed by atoms with Crippen LogP contribution in [-0.4, -0.2) is 19.6 Å². The van der Waals surface area contributed by atoms with E-state index in [4.69, 9.17) is 4.42 Å². The Bertz CT molecular complexity index is 1010. The van der Waals surface area contributed by atoms with Crippen molar-refractivity contribution in [2.45, 2.75) is 25.9 Å². The van der Waals surface area contributed by atoms with Crippen LogP contribution in [0, 0.1) is 0 Å². The molecule has 0 spiro atoms. The Kier molecular flexibility index (Phi) is 3.78. The molecule has 1 unspecified atom stereocenters. The zero-order chi connectivity index (χ0) is 16.5. The average molecular weight is 340 g/mol. The van der Waals surface area contributed by atoms with Gasteiger partial charge in [-0.2, -0.15) is 0 Å². The average Bonchev–Trinajstić information content (AvgIpc) is 3.31. The highest BCUT2D eigenvalue weighted by Gasteiger charge is 2.16. The molecule has 0 aliphatic carbocycles. The Morgan fingerprint density at radius 3 is 2.92 bits per heavy atom. The molecule has 1 atom stereocenters. The maximum atomic E-state index is 12.1. The molecule has 6 nitrogen and oxygen atoms in total. The number of para-hydroxylation sites is 2. The van der Waals surface area contributed by atoms with Gasteiger partial charge in [0.1, 0.15) is 5.69 Å². The zero-order valence-corrected chi connectivity index (χ0v) is 13.9. The summed E-state index contributed by atoms with van der Waals surface area (Å²) in [6, 6.07) is 11.7. The van der Waals surface area contributed by atoms with E-state index in [1.807, 2.05) is 35.1 Å². The second-order valence-electron chi connectivity index (χ2n) is 5.55. The first kappa shape index (κ1) is 14.9. The van der Waals surface area contributed by atoms with Crippen LogP contribution in [0.1, 0.15) is 30.0 Å². The molecule has 0 fully saturated rings. The minimum absolute atomic E-state index is 0.170. The highest BCUT2D eigenvalue weighted by Crippen LogP contribution is 2.25. The van der Waals surface area contributed by atoms with E-state index in [1.54, 1.807) is 22.0 Å². The van der Waals surface area contributed by atoms with Crippen molar-refractivity contribution in [2.24, 2.45) is 0 Å². The topological polar surface area (TPSA) is 65.8 Å². The molecule has 0 saturated carbocycles. The number of thiophene rings is 1. The smallest absolute Gasteiger partial charge is 0.408 e. The molecule has 3 aromatic heterocycles. The highest BCUT2D eigenvalue weighted by atomic mass is 32.1. The number of fused-ring (bicyclic) bond motifs is 1. The molecular formula is C17H16N4O2S. The summed E-state index contributed by atoms with van der Waals surface area (Å²) in [5, 5.41) is 10.6. The molecule has 3 heterocycles. The predicted octanol–water partition coefficient (Wildman–Crippen LogP) is 3.30. The molecule has 0 aliphatic heterocycles. The van der Waals surface area contributed by atoms with Crippen LogP contribution in [0.25, 0.3) is 11.1 Å². The molecule has 0 radical (unpaired) electrons. The van der Waals surface area contributed by atoms with Crippen molar-refractivity contribution in [2.75, 3.05) is 0 Å². The Hall–Kier alpha value is -2.67. The SMILES string of the molecule is CCC(c1cccs1)n1cc(Cn2c(=O)oc3ccccc32)nn1. The van der Waals surface area contributed by atoms with Gasteiger partial charge in [0.25, 0.3) is 0 Å². The predicted molar refractivity (Wildman–Crippen MR) is 92.3 cm³/mol. The van der Waals surface area contributed by atoms with Gasteiger partial charge in [-0.1, -0.05) is 30.3 Å². The summed E-state index contributed by atoms with van der Waals surface area (Å²) in [5.41, 5.74) is 2.08. The van der Waals surface area contributed by atoms with E-state index in [2.05, 4.69) is 28.7 Å². The molecule has 122 valence electrons. The van der Waals surface area contributed by atoms with Crippen molar-refractivity contribution < 1.29 is 4.42 Å². The maximum absolute atomic E-state index is 12.1. The monoisotopic (exact) mass is 340 g/mol. The Morgan fingerprint density at radius 1 is 1.25 bits per heavy atom. The largest absolute Gasteiger partial charge is 0.420 e. The maximum Gasteiger partial charge on any atom is 0.420 e. The van der Waals surface area contributed by atoms with Crippen molar-refractivity contribution in [3.8, 4) is 0 Å². The van der Waals surface area contributed by atoms with Crippen LogP contribution in [0.15, 0.2) is 57.2 Å². The summed E-state index contributed by atoms with van der Waals surface area (Å²) in [4.78, 5) is 13.3. The van der Waals surface area contributed by atoms with Gasteiger partial charge in [-0.15, -0.1) is 16.4 Å². The molecule has 0 N–H and O–H groups in total. The zero-order valence-electron chi connectivity index (χ0n) is 13.1. The Balaban J connectivity index is 1.65. The second-order valence-corrected chi connectivity index (χ2v) is 6.53. The fraction of sp³-hybridized carbons (Fsp3) is 0.235. The van der Waals surface area contributed by atoms with Crippen molar-refractivity contribution >= 4 is 22.4 Å². The molecule has 0 saturated heterocycles. The van der Waals surface area contributed by atoms with E-state index in [1.165, 1.54) is 4.88 Å². The third-order valence-electron chi connectivity index (χ3n) is 4.03. The lowest BCUT2D eigenvalue weighted by atomic mass is 10.2. The normalized spacial score (nSPS) is 12.7. The minimum atomic E-state index is -0.379. The number of oxazole rings is 1. The molecule has 0 aliphatic rings. The molecule has 0 bridgehead atoms. The van der Waals surface area contributed by atoms with Gasteiger partial charge in [0.15, 0.2) is 5.58 Å². The van der Waals surface area contributed by atoms with Gasteiger partial charge < -0.3 is 4.42 Å². The quantitative estimate of drug-likeness (QED) is 0.559. The first-order valence-electron chi connectivity index (χ1n) is 7.78. The van der Waals surface area contributed by atoms with Crippen molar-refractivity contribution in [3.63, 3.8) is 0 Å². The number of aromatic nitrogens is 4. The number of hydrogen-bond donors (Lipinski definition) is 0. The van der Waals surface area contributed by atoms with E-state index in [0.29, 0.717) is 12.1 Å². The lowest BCUT2D eigenvalue weighted by Crippen LogP contribution is -2.15. The molecule has 1 aromatic carbocycles. The van der Waals surface area contributed by atoms with Gasteiger partial charge in [0.05, 0.1) is 24.3 Å². The fourth-order valence-electron chi connectivity index (χ4n) is 2.86. The van der Waals surface area contributed by atoms with Gasteiger partial charge in [-0.25, -0.2) is 9.48 Å². The van der Waals surface area contributed by atoms with Gasteiger partial charge >= 0.3 is 5.76 Å². The van der Waals surface area contributed by atoms with E-state index >= 15 is 0 Å². The summed E-state index contributed by atoms with van der Waals surface area (Å²) in [6.45, 7) is 2.47. The van der Waals surface area contributed by atoms with Crippen molar-refractivity contribution in [1.29, 1.82) is 0 Å². The van der Waals surface area contributed by atoms with E-state index in [9.17, 15) is 4.79 Å². The molecular weight excluding hydrogens is 324 g/mol. The number of nitrogens with zero attached hydrogens (tertiary/aromatic N) is 4. The number of rotatable bonds is 5. The van der Waals surface area contributed by atoms with Crippen LogP contribution in [0.2, 0.25) is 0 Å². The molecule has 4 aromatic rings. The number of hydrogen-bond acceptors (Lipinski definition) is 5. The van der Waals surface area contributed by atoms with E-state index < -0.39 is 0 Å². The van der Waals surface area contributed by atoms with Crippen LogP contribution >= 0.6 is 11.3 Å². The molecule has 0 amide bonds. The third kappa shape index (κ3) is 2.56. The van der Waals surface area contributed by atoms with Gasteiger partial charge in [0.2, 0.25) is 0 Å². The summed E-state index contributed by atoms with van der Waals surface area (Å²) in [7, 11) is 0. The van der Waals surface area contributed by atoms with Crippen LogP contribution < -0.4 is 5.76 Å². The summed E-state index contributed by atoms with van der Waals surface area (Å²) in [5.74, 6) is -0.379. The second kappa shape index (κ2) is 6.09. The first-order chi connectivity index (χ1) is 11.8. The molecule has 4 rings (SSSR count). The van der Waals surface area contributed by atoms with Gasteiger partial charge in [-0.05, 0) is 30.0 Å². The summed E-state index contributed by atoms with van der Waals surface area (Å²) < 4.78 is 8.71. The highest BCUT2D eigenvalue weighted by molar-refractivity contribution is 7.10. The first-order valence-corrected chi connectivity index (χ1v) is 8.66. The fourth-order valence-corrected chi connectivity index (χ4v) is 3.77.